The third kappa shape index (κ3) is 3.71. The van der Waals surface area contributed by atoms with Crippen LogP contribution in [0.2, 0.25) is 0 Å². The molecule has 2 aromatic carbocycles. The molecule has 2 N–H and O–H groups in total. The lowest BCUT2D eigenvalue weighted by molar-refractivity contribution is -0.134. The number of carbonyl (C=O) groups excluding carboxylic acids is 3. The first-order valence-corrected chi connectivity index (χ1v) is 8.62. The number of aryl methyl sites for hydroxylation is 1. The first-order chi connectivity index (χ1) is 13.2. The summed E-state index contributed by atoms with van der Waals surface area (Å²) in [7, 11) is 0. The second-order valence-corrected chi connectivity index (χ2v) is 6.81. The van der Waals surface area contributed by atoms with Gasteiger partial charge in [-0.15, -0.1) is 0 Å². The van der Waals surface area contributed by atoms with E-state index in [1.807, 2.05) is 0 Å². The van der Waals surface area contributed by atoms with Crippen molar-refractivity contribution >= 4 is 17.8 Å². The van der Waals surface area contributed by atoms with Crippen molar-refractivity contribution in [2.24, 2.45) is 0 Å². The number of imide groups is 1. The standard InChI is InChI=1S/C20H19F2N3O3/c1-12-9-13(3-8-16(12)22)10-23-17(26)11-25-18(27)20(2,24-19(25)28)14-4-6-15(21)7-5-14/h3-9H,10-11H2,1-2H3,(H,23,26)(H,24,28). The van der Waals surface area contributed by atoms with E-state index in [4.69, 9.17) is 0 Å². The van der Waals surface area contributed by atoms with Crippen molar-refractivity contribution in [2.75, 3.05) is 6.54 Å². The summed E-state index contributed by atoms with van der Waals surface area (Å²) in [6.45, 7) is 2.80. The molecule has 0 bridgehead atoms. The third-order valence-corrected chi connectivity index (χ3v) is 4.71. The van der Waals surface area contributed by atoms with Gasteiger partial charge >= 0.3 is 6.03 Å². The Hall–Kier alpha value is -3.29. The van der Waals surface area contributed by atoms with Crippen LogP contribution in [0.4, 0.5) is 13.6 Å². The fourth-order valence-electron chi connectivity index (χ4n) is 3.04. The van der Waals surface area contributed by atoms with Gasteiger partial charge < -0.3 is 10.6 Å². The van der Waals surface area contributed by atoms with E-state index in [9.17, 15) is 23.2 Å². The number of rotatable bonds is 5. The molecule has 0 saturated carbocycles. The zero-order valence-electron chi connectivity index (χ0n) is 15.4. The summed E-state index contributed by atoms with van der Waals surface area (Å²) in [5.74, 6) is -1.93. The van der Waals surface area contributed by atoms with Crippen molar-refractivity contribution < 1.29 is 23.2 Å². The fourth-order valence-corrected chi connectivity index (χ4v) is 3.04. The minimum atomic E-state index is -1.38. The molecule has 0 aliphatic carbocycles. The van der Waals surface area contributed by atoms with E-state index < -0.39 is 35.7 Å². The third-order valence-electron chi connectivity index (χ3n) is 4.71. The highest BCUT2D eigenvalue weighted by Gasteiger charge is 2.49. The molecule has 8 heteroatoms. The maximum absolute atomic E-state index is 13.3. The average Bonchev–Trinajstić information content (AvgIpc) is 2.87. The molecule has 1 aliphatic heterocycles. The number of carbonyl (C=O) groups is 3. The first-order valence-electron chi connectivity index (χ1n) is 8.62. The highest BCUT2D eigenvalue weighted by Crippen LogP contribution is 2.28. The Labute approximate surface area is 160 Å². The van der Waals surface area contributed by atoms with E-state index in [1.54, 1.807) is 19.1 Å². The van der Waals surface area contributed by atoms with Gasteiger partial charge in [-0.2, -0.15) is 0 Å². The minimum Gasteiger partial charge on any atom is -0.350 e. The summed E-state index contributed by atoms with van der Waals surface area (Å²) in [4.78, 5) is 38.0. The van der Waals surface area contributed by atoms with Crippen molar-refractivity contribution in [1.29, 1.82) is 0 Å². The number of urea groups is 1. The van der Waals surface area contributed by atoms with Gasteiger partial charge in [0.2, 0.25) is 5.91 Å². The van der Waals surface area contributed by atoms with Crippen LogP contribution in [-0.4, -0.2) is 29.3 Å². The predicted octanol–water partition coefficient (Wildman–Crippen LogP) is 2.36. The summed E-state index contributed by atoms with van der Waals surface area (Å²) in [5.41, 5.74) is 0.188. The fraction of sp³-hybridized carbons (Fsp3) is 0.250. The van der Waals surface area contributed by atoms with Crippen LogP contribution < -0.4 is 10.6 Å². The Bertz CT molecular complexity index is 946. The zero-order chi connectivity index (χ0) is 20.5. The number of nitrogens with one attached hydrogen (secondary N) is 2. The normalized spacial score (nSPS) is 18.9. The molecule has 146 valence electrons. The van der Waals surface area contributed by atoms with Crippen molar-refractivity contribution in [3.8, 4) is 0 Å². The Morgan fingerprint density at radius 2 is 1.82 bits per heavy atom. The number of hydrogen-bond acceptors (Lipinski definition) is 3. The van der Waals surface area contributed by atoms with E-state index in [1.165, 1.54) is 37.3 Å². The lowest BCUT2D eigenvalue weighted by Crippen LogP contribution is -2.43. The van der Waals surface area contributed by atoms with E-state index in [2.05, 4.69) is 10.6 Å². The van der Waals surface area contributed by atoms with E-state index in [0.717, 1.165) is 4.90 Å². The van der Waals surface area contributed by atoms with E-state index >= 15 is 0 Å². The van der Waals surface area contributed by atoms with Crippen molar-refractivity contribution in [3.05, 3.63) is 70.8 Å². The van der Waals surface area contributed by atoms with Gasteiger partial charge in [0.05, 0.1) is 0 Å². The molecule has 3 rings (SSSR count). The molecule has 1 heterocycles. The zero-order valence-corrected chi connectivity index (χ0v) is 15.4. The highest BCUT2D eigenvalue weighted by atomic mass is 19.1. The summed E-state index contributed by atoms with van der Waals surface area (Å²) in [6, 6.07) is 8.96. The number of amides is 4. The van der Waals surface area contributed by atoms with Crippen LogP contribution in [-0.2, 0) is 21.7 Å². The maximum Gasteiger partial charge on any atom is 0.325 e. The Morgan fingerprint density at radius 1 is 1.14 bits per heavy atom. The minimum absolute atomic E-state index is 0.138. The molecule has 1 unspecified atom stereocenters. The maximum atomic E-state index is 13.3. The number of benzene rings is 2. The molecule has 0 spiro atoms. The van der Waals surface area contributed by atoms with Crippen LogP contribution in [0.5, 0.6) is 0 Å². The average molecular weight is 387 g/mol. The monoisotopic (exact) mass is 387 g/mol. The predicted molar refractivity (Wildman–Crippen MR) is 97.0 cm³/mol. The van der Waals surface area contributed by atoms with Gasteiger partial charge in [0, 0.05) is 6.54 Å². The molecule has 1 saturated heterocycles. The molecule has 1 fully saturated rings. The number of nitrogens with zero attached hydrogens (tertiary/aromatic N) is 1. The first kappa shape index (κ1) is 19.5. The van der Waals surface area contributed by atoms with Gasteiger partial charge in [-0.1, -0.05) is 24.3 Å². The Morgan fingerprint density at radius 3 is 2.46 bits per heavy atom. The molecular formula is C20H19F2N3O3. The molecule has 4 amide bonds. The molecular weight excluding hydrogens is 368 g/mol. The van der Waals surface area contributed by atoms with Gasteiger partial charge in [0.15, 0.2) is 0 Å². The van der Waals surface area contributed by atoms with Gasteiger partial charge in [-0.25, -0.2) is 13.6 Å². The smallest absolute Gasteiger partial charge is 0.325 e. The quantitative estimate of drug-likeness (QED) is 0.773. The van der Waals surface area contributed by atoms with E-state index in [0.29, 0.717) is 16.7 Å². The van der Waals surface area contributed by atoms with Crippen LogP contribution in [0.25, 0.3) is 0 Å². The van der Waals surface area contributed by atoms with Gasteiger partial charge in [-0.05, 0) is 48.7 Å². The molecule has 28 heavy (non-hydrogen) atoms. The Balaban J connectivity index is 1.65. The lowest BCUT2D eigenvalue weighted by Gasteiger charge is -2.22. The summed E-state index contributed by atoms with van der Waals surface area (Å²) in [6.07, 6.45) is 0. The molecule has 0 radical (unpaired) electrons. The summed E-state index contributed by atoms with van der Waals surface area (Å²) >= 11 is 0. The molecule has 1 atom stereocenters. The Kier molecular flexibility index (Phi) is 5.13. The van der Waals surface area contributed by atoms with Gasteiger partial charge in [0.1, 0.15) is 23.7 Å². The van der Waals surface area contributed by atoms with Crippen molar-refractivity contribution in [2.45, 2.75) is 25.9 Å². The van der Waals surface area contributed by atoms with Gasteiger partial charge in [0.25, 0.3) is 5.91 Å². The van der Waals surface area contributed by atoms with E-state index in [-0.39, 0.29) is 12.4 Å². The highest BCUT2D eigenvalue weighted by molar-refractivity contribution is 6.09. The van der Waals surface area contributed by atoms with Crippen molar-refractivity contribution in [3.63, 3.8) is 0 Å². The van der Waals surface area contributed by atoms with Crippen LogP contribution in [0.3, 0.4) is 0 Å². The SMILES string of the molecule is Cc1cc(CNC(=O)CN2C(=O)NC(C)(c3ccc(F)cc3)C2=O)ccc1F. The number of halogens is 2. The van der Waals surface area contributed by atoms with Crippen molar-refractivity contribution in [1.82, 2.24) is 15.5 Å². The summed E-state index contributed by atoms with van der Waals surface area (Å²) in [5, 5.41) is 5.16. The largest absolute Gasteiger partial charge is 0.350 e. The second-order valence-electron chi connectivity index (χ2n) is 6.81. The molecule has 0 aromatic heterocycles. The van der Waals surface area contributed by atoms with Gasteiger partial charge in [-0.3, -0.25) is 14.5 Å². The lowest BCUT2D eigenvalue weighted by atomic mass is 9.92. The summed E-state index contributed by atoms with van der Waals surface area (Å²) < 4.78 is 26.4. The topological polar surface area (TPSA) is 78.5 Å². The molecule has 6 nitrogen and oxygen atoms in total. The molecule has 1 aliphatic rings. The van der Waals surface area contributed by atoms with Crippen LogP contribution in [0, 0.1) is 18.6 Å². The van der Waals surface area contributed by atoms with Crippen LogP contribution in [0.15, 0.2) is 42.5 Å². The van der Waals surface area contributed by atoms with Crippen LogP contribution in [0.1, 0.15) is 23.6 Å². The number of hydrogen-bond donors (Lipinski definition) is 2. The van der Waals surface area contributed by atoms with Crippen LogP contribution >= 0.6 is 0 Å². The molecule has 2 aromatic rings. The second kappa shape index (κ2) is 7.38.